The molecule has 0 saturated carbocycles. The van der Waals surface area contributed by atoms with Crippen LogP contribution in [0.3, 0.4) is 0 Å². The summed E-state index contributed by atoms with van der Waals surface area (Å²) in [7, 11) is 0. The van der Waals surface area contributed by atoms with E-state index in [1.165, 1.54) is 24.3 Å². The predicted molar refractivity (Wildman–Crippen MR) is 79.1 cm³/mol. The van der Waals surface area contributed by atoms with Gasteiger partial charge in [0.15, 0.2) is 0 Å². The number of phenols is 2. The summed E-state index contributed by atoms with van der Waals surface area (Å²) in [5.74, 6) is -0.120. The highest BCUT2D eigenvalue weighted by atomic mass is 35.5. The molecule has 0 fully saturated rings. The molecule has 6 heteroatoms. The normalized spacial score (nSPS) is 10.7. The molecule has 19 heavy (non-hydrogen) atoms. The zero-order valence-corrected chi connectivity index (χ0v) is 12.4. The maximum absolute atomic E-state index is 9.58. The minimum atomic E-state index is -0.0598. The molecule has 0 amide bonds. The standard InChI is InChI=1S/C13H8Cl4O2/c14-8-4-10(16)12(18)2-6(8)1-7-3-13(19)11(17)5-9(7)15/h2-5,18-19H,1H2. The van der Waals surface area contributed by atoms with E-state index in [0.717, 1.165) is 0 Å². The third kappa shape index (κ3) is 3.21. The average Bonchev–Trinajstić information content (AvgIpc) is 2.32. The third-order valence-electron chi connectivity index (χ3n) is 2.61. The Hall–Kier alpha value is -0.800. The van der Waals surface area contributed by atoms with Crippen LogP contribution in [0, 0.1) is 0 Å². The van der Waals surface area contributed by atoms with Crippen molar-refractivity contribution in [2.45, 2.75) is 6.42 Å². The Balaban J connectivity index is 2.42. The van der Waals surface area contributed by atoms with Crippen molar-refractivity contribution in [1.29, 1.82) is 0 Å². The Morgan fingerprint density at radius 2 is 1.00 bits per heavy atom. The fourth-order valence-electron chi connectivity index (χ4n) is 1.64. The number of rotatable bonds is 2. The Bertz CT molecular complexity index is 586. The number of hydrogen-bond donors (Lipinski definition) is 2. The minimum Gasteiger partial charge on any atom is -0.506 e. The summed E-state index contributed by atoms with van der Waals surface area (Å²) < 4.78 is 0. The first-order chi connectivity index (χ1) is 8.88. The van der Waals surface area contributed by atoms with Crippen molar-refractivity contribution in [3.63, 3.8) is 0 Å². The molecule has 0 aliphatic heterocycles. The highest BCUT2D eigenvalue weighted by molar-refractivity contribution is 6.36. The zero-order chi connectivity index (χ0) is 14.2. The van der Waals surface area contributed by atoms with E-state index in [1.54, 1.807) is 0 Å². The molecule has 100 valence electrons. The number of aromatic hydroxyl groups is 2. The molecule has 0 atom stereocenters. The van der Waals surface area contributed by atoms with E-state index in [2.05, 4.69) is 0 Å². The molecule has 0 radical (unpaired) electrons. The summed E-state index contributed by atoms with van der Waals surface area (Å²) in [5, 5.41) is 20.3. The predicted octanol–water partition coefficient (Wildman–Crippen LogP) is 5.30. The molecule has 2 N–H and O–H groups in total. The number of hydrogen-bond acceptors (Lipinski definition) is 2. The van der Waals surface area contributed by atoms with Crippen LogP contribution in [0.4, 0.5) is 0 Å². The lowest BCUT2D eigenvalue weighted by molar-refractivity contribution is 0.474. The van der Waals surface area contributed by atoms with Gasteiger partial charge in [0.25, 0.3) is 0 Å². The van der Waals surface area contributed by atoms with Crippen LogP contribution < -0.4 is 0 Å². The summed E-state index contributed by atoms with van der Waals surface area (Å²) in [6, 6.07) is 5.84. The smallest absolute Gasteiger partial charge is 0.134 e. The second-order valence-corrected chi connectivity index (χ2v) is 5.60. The van der Waals surface area contributed by atoms with Crippen LogP contribution in [0.25, 0.3) is 0 Å². The second kappa shape index (κ2) is 5.68. The van der Waals surface area contributed by atoms with Crippen molar-refractivity contribution in [2.24, 2.45) is 0 Å². The molecule has 2 rings (SSSR count). The molecule has 0 aliphatic carbocycles. The molecule has 2 aromatic carbocycles. The van der Waals surface area contributed by atoms with E-state index in [4.69, 9.17) is 46.4 Å². The van der Waals surface area contributed by atoms with Crippen LogP contribution in [0.15, 0.2) is 24.3 Å². The highest BCUT2D eigenvalue weighted by Gasteiger charge is 2.11. The van der Waals surface area contributed by atoms with Gasteiger partial charge in [-0.05, 0) is 35.4 Å². The van der Waals surface area contributed by atoms with Crippen LogP contribution in [-0.2, 0) is 6.42 Å². The molecule has 0 bridgehead atoms. The van der Waals surface area contributed by atoms with Crippen LogP contribution >= 0.6 is 46.4 Å². The first kappa shape index (κ1) is 14.6. The van der Waals surface area contributed by atoms with E-state index in [1.807, 2.05) is 0 Å². The average molecular weight is 338 g/mol. The van der Waals surface area contributed by atoms with Crippen molar-refractivity contribution >= 4 is 46.4 Å². The van der Waals surface area contributed by atoms with Crippen molar-refractivity contribution in [1.82, 2.24) is 0 Å². The van der Waals surface area contributed by atoms with Gasteiger partial charge >= 0.3 is 0 Å². The van der Waals surface area contributed by atoms with Crippen molar-refractivity contribution in [2.75, 3.05) is 0 Å². The van der Waals surface area contributed by atoms with Crippen LogP contribution in [0.5, 0.6) is 11.5 Å². The van der Waals surface area contributed by atoms with E-state index < -0.39 is 0 Å². The topological polar surface area (TPSA) is 40.5 Å². The quantitative estimate of drug-likeness (QED) is 0.780. The van der Waals surface area contributed by atoms with Crippen molar-refractivity contribution in [3.8, 4) is 11.5 Å². The number of halogens is 4. The van der Waals surface area contributed by atoms with Gasteiger partial charge in [-0.2, -0.15) is 0 Å². The summed E-state index contributed by atoms with van der Waals surface area (Å²) in [6.07, 6.45) is 0.340. The molecular weight excluding hydrogens is 330 g/mol. The molecule has 0 spiro atoms. The van der Waals surface area contributed by atoms with Gasteiger partial charge in [-0.25, -0.2) is 0 Å². The van der Waals surface area contributed by atoms with Gasteiger partial charge < -0.3 is 10.2 Å². The zero-order valence-electron chi connectivity index (χ0n) is 9.42. The second-order valence-electron chi connectivity index (χ2n) is 3.97. The molecular formula is C13H8Cl4O2. The van der Waals surface area contributed by atoms with Gasteiger partial charge in [0.1, 0.15) is 11.5 Å². The molecule has 0 saturated heterocycles. The van der Waals surface area contributed by atoms with E-state index in [0.29, 0.717) is 27.6 Å². The number of phenolic OH excluding ortho intramolecular Hbond substituents is 2. The van der Waals surface area contributed by atoms with Crippen molar-refractivity contribution < 1.29 is 10.2 Å². The van der Waals surface area contributed by atoms with E-state index >= 15 is 0 Å². The lowest BCUT2D eigenvalue weighted by atomic mass is 10.0. The third-order valence-corrected chi connectivity index (χ3v) is 3.92. The summed E-state index contributed by atoms with van der Waals surface area (Å²) in [5.41, 5.74) is 1.29. The van der Waals surface area contributed by atoms with Gasteiger partial charge in [0.05, 0.1) is 10.0 Å². The van der Waals surface area contributed by atoms with Gasteiger partial charge in [-0.1, -0.05) is 46.4 Å². The van der Waals surface area contributed by atoms with Gasteiger partial charge in [0, 0.05) is 16.5 Å². The molecule has 2 nitrogen and oxygen atoms in total. The van der Waals surface area contributed by atoms with Gasteiger partial charge in [0.2, 0.25) is 0 Å². The summed E-state index contributed by atoms with van der Waals surface area (Å²) in [4.78, 5) is 0. The Morgan fingerprint density at radius 3 is 1.37 bits per heavy atom. The van der Waals surface area contributed by atoms with E-state index in [9.17, 15) is 10.2 Å². The fourth-order valence-corrected chi connectivity index (χ4v) is 2.54. The fraction of sp³-hybridized carbons (Fsp3) is 0.0769. The molecule has 0 heterocycles. The maximum Gasteiger partial charge on any atom is 0.134 e. The molecule has 0 aromatic heterocycles. The first-order valence-electron chi connectivity index (χ1n) is 5.22. The Morgan fingerprint density at radius 1 is 0.632 bits per heavy atom. The van der Waals surface area contributed by atoms with Gasteiger partial charge in [-0.15, -0.1) is 0 Å². The van der Waals surface area contributed by atoms with Crippen LogP contribution in [-0.4, -0.2) is 10.2 Å². The maximum atomic E-state index is 9.58. The molecule has 0 aliphatic rings. The largest absolute Gasteiger partial charge is 0.506 e. The summed E-state index contributed by atoms with van der Waals surface area (Å²) >= 11 is 23.6. The minimum absolute atomic E-state index is 0.0598. The Kier molecular flexibility index (Phi) is 4.36. The summed E-state index contributed by atoms with van der Waals surface area (Å²) in [6.45, 7) is 0. The molecule has 2 aromatic rings. The van der Waals surface area contributed by atoms with Crippen molar-refractivity contribution in [3.05, 3.63) is 55.5 Å². The number of benzene rings is 2. The SMILES string of the molecule is Oc1cc(Cc2cc(O)c(Cl)cc2Cl)c(Cl)cc1Cl. The van der Waals surface area contributed by atoms with Gasteiger partial charge in [-0.3, -0.25) is 0 Å². The molecule has 0 unspecified atom stereocenters. The Labute approximate surface area is 130 Å². The lowest BCUT2D eigenvalue weighted by Crippen LogP contribution is -1.91. The highest BCUT2D eigenvalue weighted by Crippen LogP contribution is 2.35. The van der Waals surface area contributed by atoms with E-state index in [-0.39, 0.29) is 21.5 Å². The lowest BCUT2D eigenvalue weighted by Gasteiger charge is -2.09. The van der Waals surface area contributed by atoms with Crippen LogP contribution in [0.1, 0.15) is 11.1 Å². The first-order valence-corrected chi connectivity index (χ1v) is 6.73. The monoisotopic (exact) mass is 336 g/mol. The van der Waals surface area contributed by atoms with Crippen LogP contribution in [0.2, 0.25) is 20.1 Å².